The quantitative estimate of drug-likeness (QED) is 0.831. The molecule has 0 heterocycles. The SMILES string of the molecule is CCC(C)(N)c1ccc(C(C)(C)C)c(O)c1C(C)(C)C. The Morgan fingerprint density at radius 1 is 0.900 bits per heavy atom. The lowest BCUT2D eigenvalue weighted by Gasteiger charge is -2.35. The molecule has 0 saturated carbocycles. The van der Waals surface area contributed by atoms with Gasteiger partial charge in [0.25, 0.3) is 0 Å². The molecule has 1 atom stereocenters. The number of benzene rings is 1. The Morgan fingerprint density at radius 3 is 1.70 bits per heavy atom. The Labute approximate surface area is 124 Å². The molecule has 0 radical (unpaired) electrons. The van der Waals surface area contributed by atoms with E-state index in [4.69, 9.17) is 5.73 Å². The minimum absolute atomic E-state index is 0.0835. The molecule has 114 valence electrons. The summed E-state index contributed by atoms with van der Waals surface area (Å²) in [6.45, 7) is 16.9. The van der Waals surface area contributed by atoms with E-state index >= 15 is 0 Å². The van der Waals surface area contributed by atoms with Gasteiger partial charge in [-0.05, 0) is 35.3 Å². The van der Waals surface area contributed by atoms with Gasteiger partial charge in [-0.25, -0.2) is 0 Å². The lowest BCUT2D eigenvalue weighted by Crippen LogP contribution is -2.35. The molecule has 1 aromatic carbocycles. The number of nitrogens with two attached hydrogens (primary N) is 1. The van der Waals surface area contributed by atoms with E-state index in [1.54, 1.807) is 0 Å². The van der Waals surface area contributed by atoms with E-state index in [9.17, 15) is 5.11 Å². The second kappa shape index (κ2) is 5.07. The zero-order valence-electron chi connectivity index (χ0n) is 14.4. The average molecular weight is 277 g/mol. The summed E-state index contributed by atoms with van der Waals surface area (Å²) in [6, 6.07) is 4.13. The highest BCUT2D eigenvalue weighted by atomic mass is 16.3. The summed E-state index contributed by atoms with van der Waals surface area (Å²) in [5.41, 5.74) is 8.83. The Bertz CT molecular complexity index is 487. The van der Waals surface area contributed by atoms with E-state index in [0.717, 1.165) is 23.1 Å². The maximum atomic E-state index is 10.8. The smallest absolute Gasteiger partial charge is 0.123 e. The van der Waals surface area contributed by atoms with E-state index < -0.39 is 5.54 Å². The summed E-state index contributed by atoms with van der Waals surface area (Å²) >= 11 is 0. The molecule has 1 rings (SSSR count). The zero-order valence-corrected chi connectivity index (χ0v) is 14.4. The van der Waals surface area contributed by atoms with Gasteiger partial charge in [0, 0.05) is 11.1 Å². The van der Waals surface area contributed by atoms with Gasteiger partial charge in [-0.3, -0.25) is 0 Å². The fraction of sp³-hybridized carbons (Fsp3) is 0.667. The molecular weight excluding hydrogens is 246 g/mol. The van der Waals surface area contributed by atoms with Crippen LogP contribution < -0.4 is 5.73 Å². The largest absolute Gasteiger partial charge is 0.507 e. The van der Waals surface area contributed by atoms with Gasteiger partial charge in [-0.15, -0.1) is 0 Å². The second-order valence-electron chi connectivity index (χ2n) is 8.16. The third-order valence-corrected chi connectivity index (χ3v) is 4.09. The van der Waals surface area contributed by atoms with Gasteiger partial charge >= 0.3 is 0 Å². The Morgan fingerprint density at radius 2 is 1.35 bits per heavy atom. The number of hydrogen-bond acceptors (Lipinski definition) is 2. The van der Waals surface area contributed by atoms with Crippen LogP contribution in [0.3, 0.4) is 0 Å². The van der Waals surface area contributed by atoms with Crippen LogP contribution in [-0.4, -0.2) is 5.11 Å². The molecule has 0 amide bonds. The Hall–Kier alpha value is -1.02. The van der Waals surface area contributed by atoms with Gasteiger partial charge < -0.3 is 10.8 Å². The summed E-state index contributed by atoms with van der Waals surface area (Å²) < 4.78 is 0. The molecule has 0 saturated heterocycles. The van der Waals surface area contributed by atoms with Crippen LogP contribution >= 0.6 is 0 Å². The number of phenols is 1. The van der Waals surface area contributed by atoms with Crippen LogP contribution in [0.2, 0.25) is 0 Å². The highest BCUT2D eigenvalue weighted by molar-refractivity contribution is 5.53. The summed E-state index contributed by atoms with van der Waals surface area (Å²) in [7, 11) is 0. The van der Waals surface area contributed by atoms with Crippen molar-refractivity contribution < 1.29 is 5.11 Å². The van der Waals surface area contributed by atoms with E-state index in [-0.39, 0.29) is 10.8 Å². The minimum Gasteiger partial charge on any atom is -0.507 e. The van der Waals surface area contributed by atoms with E-state index in [1.165, 1.54) is 0 Å². The Kier molecular flexibility index (Phi) is 4.32. The van der Waals surface area contributed by atoms with Gasteiger partial charge in [0.05, 0.1) is 0 Å². The van der Waals surface area contributed by atoms with Crippen molar-refractivity contribution in [3.8, 4) is 5.75 Å². The molecule has 3 N–H and O–H groups in total. The molecule has 1 aromatic rings. The molecule has 20 heavy (non-hydrogen) atoms. The highest BCUT2D eigenvalue weighted by Gasteiger charge is 2.33. The molecular formula is C18H31NO. The summed E-state index contributed by atoms with van der Waals surface area (Å²) in [4.78, 5) is 0. The van der Waals surface area contributed by atoms with Crippen molar-refractivity contribution in [2.45, 2.75) is 78.2 Å². The van der Waals surface area contributed by atoms with Crippen LogP contribution in [0.25, 0.3) is 0 Å². The van der Waals surface area contributed by atoms with Crippen molar-refractivity contribution in [3.05, 3.63) is 28.8 Å². The fourth-order valence-corrected chi connectivity index (χ4v) is 2.62. The summed E-state index contributed by atoms with van der Waals surface area (Å²) in [5, 5.41) is 10.8. The predicted octanol–water partition coefficient (Wildman–Crippen LogP) is 4.57. The van der Waals surface area contributed by atoms with Gasteiger partial charge in [-0.1, -0.05) is 60.6 Å². The zero-order chi connectivity index (χ0) is 15.9. The topological polar surface area (TPSA) is 46.2 Å². The minimum atomic E-state index is -0.420. The van der Waals surface area contributed by atoms with Crippen molar-refractivity contribution in [2.75, 3.05) is 0 Å². The van der Waals surface area contributed by atoms with Crippen LogP contribution in [0.5, 0.6) is 5.75 Å². The van der Waals surface area contributed by atoms with Crippen LogP contribution in [0.15, 0.2) is 12.1 Å². The normalized spacial score (nSPS) is 16.1. The van der Waals surface area contributed by atoms with Crippen LogP contribution in [-0.2, 0) is 16.4 Å². The molecule has 0 aliphatic carbocycles. The van der Waals surface area contributed by atoms with Crippen molar-refractivity contribution >= 4 is 0 Å². The Balaban J connectivity index is 3.71. The third-order valence-electron chi connectivity index (χ3n) is 4.09. The van der Waals surface area contributed by atoms with E-state index in [2.05, 4.69) is 54.5 Å². The lowest BCUT2D eigenvalue weighted by atomic mass is 9.73. The van der Waals surface area contributed by atoms with Crippen molar-refractivity contribution in [2.24, 2.45) is 5.73 Å². The standard InChI is InChI=1S/C18H31NO/c1-9-18(8,19)12-10-11-13(16(2,3)4)15(20)14(12)17(5,6)7/h10-11,20H,9,19H2,1-8H3. The van der Waals surface area contributed by atoms with Gasteiger partial charge in [0.15, 0.2) is 0 Å². The molecule has 0 aliphatic rings. The first-order valence-corrected chi connectivity index (χ1v) is 7.48. The maximum absolute atomic E-state index is 10.8. The molecule has 0 aromatic heterocycles. The lowest BCUT2D eigenvalue weighted by molar-refractivity contribution is 0.403. The first kappa shape index (κ1) is 17.0. The average Bonchev–Trinajstić information content (AvgIpc) is 2.25. The van der Waals surface area contributed by atoms with Crippen molar-refractivity contribution in [1.82, 2.24) is 0 Å². The number of aromatic hydroxyl groups is 1. The number of rotatable bonds is 2. The molecule has 0 fully saturated rings. The van der Waals surface area contributed by atoms with Gasteiger partial charge in [0.1, 0.15) is 5.75 Å². The number of hydrogen-bond donors (Lipinski definition) is 2. The highest BCUT2D eigenvalue weighted by Crippen LogP contribution is 2.43. The predicted molar refractivity (Wildman–Crippen MR) is 87.3 cm³/mol. The van der Waals surface area contributed by atoms with Gasteiger partial charge in [-0.2, -0.15) is 0 Å². The molecule has 1 unspecified atom stereocenters. The molecule has 0 spiro atoms. The van der Waals surface area contributed by atoms with Crippen LogP contribution in [0.4, 0.5) is 0 Å². The van der Waals surface area contributed by atoms with E-state index in [0.29, 0.717) is 5.75 Å². The summed E-state index contributed by atoms with van der Waals surface area (Å²) in [5.74, 6) is 0.410. The third kappa shape index (κ3) is 3.17. The molecule has 2 nitrogen and oxygen atoms in total. The van der Waals surface area contributed by atoms with E-state index in [1.807, 2.05) is 13.0 Å². The first-order valence-electron chi connectivity index (χ1n) is 7.48. The van der Waals surface area contributed by atoms with Crippen molar-refractivity contribution in [1.29, 1.82) is 0 Å². The molecule has 0 aliphatic heterocycles. The van der Waals surface area contributed by atoms with Crippen LogP contribution in [0.1, 0.15) is 78.5 Å². The maximum Gasteiger partial charge on any atom is 0.123 e. The number of phenolic OH excluding ortho intramolecular Hbond substituents is 1. The summed E-state index contributed by atoms with van der Waals surface area (Å²) in [6.07, 6.45) is 0.838. The first-order chi connectivity index (χ1) is 8.82. The second-order valence-corrected chi connectivity index (χ2v) is 8.16. The van der Waals surface area contributed by atoms with Crippen molar-refractivity contribution in [3.63, 3.8) is 0 Å². The molecule has 2 heteroatoms. The molecule has 0 bridgehead atoms. The van der Waals surface area contributed by atoms with Gasteiger partial charge in [0.2, 0.25) is 0 Å². The van der Waals surface area contributed by atoms with Crippen LogP contribution in [0, 0.1) is 0 Å². The monoisotopic (exact) mass is 277 g/mol. The fourth-order valence-electron chi connectivity index (χ4n) is 2.62.